The highest BCUT2D eigenvalue weighted by molar-refractivity contribution is 9.10. The molecule has 0 atom stereocenters. The molecule has 2 nitrogen and oxygen atoms in total. The zero-order valence-electron chi connectivity index (χ0n) is 9.11. The van der Waals surface area contributed by atoms with E-state index in [-0.39, 0.29) is 15.1 Å². The number of hydrogen-bond donors (Lipinski definition) is 0. The summed E-state index contributed by atoms with van der Waals surface area (Å²) in [4.78, 5) is 11.7. The van der Waals surface area contributed by atoms with E-state index < -0.39 is 17.4 Å². The molecule has 0 aliphatic rings. The highest BCUT2D eigenvalue weighted by Crippen LogP contribution is 2.27. The van der Waals surface area contributed by atoms with Crippen molar-refractivity contribution in [2.45, 2.75) is 26.4 Å². The molecule has 0 radical (unpaired) electrons. The van der Waals surface area contributed by atoms with Crippen LogP contribution in [0.15, 0.2) is 16.6 Å². The van der Waals surface area contributed by atoms with Gasteiger partial charge in [-0.1, -0.05) is 11.6 Å². The molecule has 0 unspecified atom stereocenters. The third-order valence-corrected chi connectivity index (χ3v) is 2.57. The highest BCUT2D eigenvalue weighted by Gasteiger charge is 2.24. The molecule has 1 aromatic rings. The van der Waals surface area contributed by atoms with Crippen molar-refractivity contribution in [3.05, 3.63) is 33.0 Å². The molecule has 0 heterocycles. The van der Waals surface area contributed by atoms with Crippen molar-refractivity contribution in [3.63, 3.8) is 0 Å². The highest BCUT2D eigenvalue weighted by atomic mass is 79.9. The number of rotatable bonds is 1. The lowest BCUT2D eigenvalue weighted by atomic mass is 10.1. The summed E-state index contributed by atoms with van der Waals surface area (Å²) < 4.78 is 18.9. The molecule has 5 heteroatoms. The Bertz CT molecular complexity index is 427. The second kappa shape index (κ2) is 4.72. The largest absolute Gasteiger partial charge is 0.456 e. The van der Waals surface area contributed by atoms with Gasteiger partial charge in [0, 0.05) is 0 Å². The molecular weight excluding hydrogens is 298 g/mol. The summed E-state index contributed by atoms with van der Waals surface area (Å²) in [6.07, 6.45) is 0. The van der Waals surface area contributed by atoms with Crippen LogP contribution >= 0.6 is 27.5 Å². The van der Waals surface area contributed by atoms with Crippen LogP contribution < -0.4 is 0 Å². The van der Waals surface area contributed by atoms with E-state index >= 15 is 0 Å². The van der Waals surface area contributed by atoms with Gasteiger partial charge in [0.2, 0.25) is 0 Å². The number of halogens is 3. The summed E-state index contributed by atoms with van der Waals surface area (Å²) in [7, 11) is 0. The maximum absolute atomic E-state index is 13.7. The first-order chi connectivity index (χ1) is 7.22. The number of esters is 1. The van der Waals surface area contributed by atoms with E-state index in [2.05, 4.69) is 15.9 Å². The molecule has 0 saturated heterocycles. The Morgan fingerprint density at radius 3 is 2.50 bits per heavy atom. The lowest BCUT2D eigenvalue weighted by Crippen LogP contribution is -2.24. The molecule has 0 saturated carbocycles. The second-order valence-corrected chi connectivity index (χ2v) is 5.48. The van der Waals surface area contributed by atoms with Crippen LogP contribution in [0.3, 0.4) is 0 Å². The summed E-state index contributed by atoms with van der Waals surface area (Å²) in [5.74, 6) is -1.47. The Morgan fingerprint density at radius 1 is 1.44 bits per heavy atom. The van der Waals surface area contributed by atoms with Crippen molar-refractivity contribution in [2.24, 2.45) is 0 Å². The summed E-state index contributed by atoms with van der Waals surface area (Å²) in [5, 5.41) is 0.0370. The maximum Gasteiger partial charge on any atom is 0.343 e. The molecule has 0 bridgehead atoms. The predicted molar refractivity (Wildman–Crippen MR) is 64.3 cm³/mol. The molecule has 0 spiro atoms. The molecule has 1 aromatic carbocycles. The molecule has 0 amide bonds. The molecule has 16 heavy (non-hydrogen) atoms. The molecule has 0 fully saturated rings. The molecule has 1 rings (SSSR count). The van der Waals surface area contributed by atoms with Crippen molar-refractivity contribution < 1.29 is 13.9 Å². The van der Waals surface area contributed by atoms with E-state index in [4.69, 9.17) is 16.3 Å². The van der Waals surface area contributed by atoms with Crippen molar-refractivity contribution >= 4 is 33.5 Å². The first kappa shape index (κ1) is 13.5. The van der Waals surface area contributed by atoms with Gasteiger partial charge in [-0.25, -0.2) is 9.18 Å². The Labute approximate surface area is 107 Å². The van der Waals surface area contributed by atoms with Gasteiger partial charge in [-0.3, -0.25) is 0 Å². The Balaban J connectivity index is 3.14. The lowest BCUT2D eigenvalue weighted by Gasteiger charge is -2.20. The van der Waals surface area contributed by atoms with Gasteiger partial charge in [0.1, 0.15) is 11.2 Å². The van der Waals surface area contributed by atoms with Gasteiger partial charge in [-0.15, -0.1) is 0 Å². The van der Waals surface area contributed by atoms with Gasteiger partial charge >= 0.3 is 5.97 Å². The van der Waals surface area contributed by atoms with Crippen LogP contribution in [0.2, 0.25) is 5.02 Å². The number of benzene rings is 1. The Hall–Kier alpha value is -0.610. The fourth-order valence-corrected chi connectivity index (χ4v) is 1.60. The monoisotopic (exact) mass is 308 g/mol. The van der Waals surface area contributed by atoms with Gasteiger partial charge in [-0.2, -0.15) is 0 Å². The number of carbonyl (C=O) groups excluding carboxylic acids is 1. The van der Waals surface area contributed by atoms with Gasteiger partial charge in [0.25, 0.3) is 0 Å². The Kier molecular flexibility index (Phi) is 3.97. The number of hydrogen-bond acceptors (Lipinski definition) is 2. The first-order valence-electron chi connectivity index (χ1n) is 4.59. The lowest BCUT2D eigenvalue weighted by molar-refractivity contribution is 0.00648. The maximum atomic E-state index is 13.7. The van der Waals surface area contributed by atoms with Crippen LogP contribution in [0.25, 0.3) is 0 Å². The first-order valence-corrected chi connectivity index (χ1v) is 5.76. The minimum atomic E-state index is -0.767. The molecule has 88 valence electrons. The van der Waals surface area contributed by atoms with Crippen LogP contribution in [0.1, 0.15) is 31.1 Å². The van der Waals surface area contributed by atoms with E-state index in [1.54, 1.807) is 20.8 Å². The number of ether oxygens (including phenoxy) is 1. The minimum Gasteiger partial charge on any atom is -0.456 e. The third kappa shape index (κ3) is 3.19. The van der Waals surface area contributed by atoms with E-state index in [1.807, 2.05) is 0 Å². The van der Waals surface area contributed by atoms with Gasteiger partial charge in [0.15, 0.2) is 5.82 Å². The van der Waals surface area contributed by atoms with E-state index in [1.165, 1.54) is 12.1 Å². The number of carbonyl (C=O) groups is 1. The molecule has 0 aromatic heterocycles. The SMILES string of the molecule is CC(C)(C)OC(=O)c1c(Cl)ccc(Br)c1F. The normalized spacial score (nSPS) is 11.4. The molecule has 0 N–H and O–H groups in total. The van der Waals surface area contributed by atoms with Crippen LogP contribution in [0, 0.1) is 5.82 Å². The van der Waals surface area contributed by atoms with Crippen molar-refractivity contribution in [1.82, 2.24) is 0 Å². The summed E-state index contributed by atoms with van der Waals surface area (Å²) >= 11 is 8.75. The standard InChI is InChI=1S/C11H11BrClFO2/c1-11(2,3)16-10(15)8-7(13)5-4-6(12)9(8)14/h4-5H,1-3H3. The van der Waals surface area contributed by atoms with Crippen LogP contribution in [-0.2, 0) is 4.74 Å². The minimum absolute atomic E-state index is 0.0370. The van der Waals surface area contributed by atoms with Crippen LogP contribution in [0.5, 0.6) is 0 Å². The predicted octanol–water partition coefficient (Wildman–Crippen LogP) is 4.20. The Morgan fingerprint density at radius 2 is 2.00 bits per heavy atom. The summed E-state index contributed by atoms with van der Waals surface area (Å²) in [5.41, 5.74) is -0.930. The second-order valence-electron chi connectivity index (χ2n) is 4.22. The fraction of sp³-hybridized carbons (Fsp3) is 0.364. The summed E-state index contributed by atoms with van der Waals surface area (Å²) in [6, 6.07) is 2.87. The van der Waals surface area contributed by atoms with Gasteiger partial charge in [-0.05, 0) is 48.8 Å². The average Bonchev–Trinajstić information content (AvgIpc) is 2.09. The van der Waals surface area contributed by atoms with Crippen LogP contribution in [-0.4, -0.2) is 11.6 Å². The average molecular weight is 310 g/mol. The topological polar surface area (TPSA) is 26.3 Å². The smallest absolute Gasteiger partial charge is 0.343 e. The fourth-order valence-electron chi connectivity index (χ4n) is 1.04. The van der Waals surface area contributed by atoms with Crippen LogP contribution in [0.4, 0.5) is 4.39 Å². The van der Waals surface area contributed by atoms with E-state index in [9.17, 15) is 9.18 Å². The molecule has 0 aliphatic heterocycles. The van der Waals surface area contributed by atoms with Crippen molar-refractivity contribution in [1.29, 1.82) is 0 Å². The molecular formula is C11H11BrClFO2. The van der Waals surface area contributed by atoms with Gasteiger partial charge < -0.3 is 4.74 Å². The quantitative estimate of drug-likeness (QED) is 0.574. The zero-order chi connectivity index (χ0) is 12.5. The molecule has 0 aliphatic carbocycles. The van der Waals surface area contributed by atoms with Crippen molar-refractivity contribution in [2.75, 3.05) is 0 Å². The van der Waals surface area contributed by atoms with Crippen molar-refractivity contribution in [3.8, 4) is 0 Å². The zero-order valence-corrected chi connectivity index (χ0v) is 11.4. The van der Waals surface area contributed by atoms with E-state index in [0.29, 0.717) is 0 Å². The van der Waals surface area contributed by atoms with Gasteiger partial charge in [0.05, 0.1) is 9.50 Å². The third-order valence-electron chi connectivity index (χ3n) is 1.65. The summed E-state index contributed by atoms with van der Waals surface area (Å²) in [6.45, 7) is 5.11. The van der Waals surface area contributed by atoms with E-state index in [0.717, 1.165) is 0 Å².